The highest BCUT2D eigenvalue weighted by Gasteiger charge is 2.48. The molecule has 0 bridgehead atoms. The Bertz CT molecular complexity index is 496. The Hall–Kier alpha value is -0.898. The fourth-order valence-electron chi connectivity index (χ4n) is 2.41. The maximum absolute atomic E-state index is 11.8. The maximum atomic E-state index is 11.8. The molecule has 1 amide bonds. The molecule has 4 atom stereocenters. The molecule has 1 fully saturated rings. The summed E-state index contributed by atoms with van der Waals surface area (Å²) in [6.07, 6.45) is -1.25. The van der Waals surface area contributed by atoms with Crippen molar-refractivity contribution in [3.8, 4) is 0 Å². The van der Waals surface area contributed by atoms with Gasteiger partial charge in [0.2, 0.25) is 5.91 Å². The lowest BCUT2D eigenvalue weighted by Gasteiger charge is -2.40. The third-order valence-electron chi connectivity index (χ3n) is 5.10. The van der Waals surface area contributed by atoms with Gasteiger partial charge in [0.1, 0.15) is 26.7 Å². The first kappa shape index (κ1) is 23.1. The zero-order valence-electron chi connectivity index (χ0n) is 17.0. The highest BCUT2D eigenvalue weighted by atomic mass is 28.4. The van der Waals surface area contributed by atoms with E-state index < -0.39 is 38.6 Å². The van der Waals surface area contributed by atoms with E-state index in [1.54, 1.807) is 7.11 Å². The van der Waals surface area contributed by atoms with Gasteiger partial charge in [-0.1, -0.05) is 20.8 Å². The van der Waals surface area contributed by atoms with Crippen molar-refractivity contribution in [2.24, 2.45) is 0 Å². The SMILES string of the molecule is [B][C@@H]1O[C@H](COC(=O)CCC(=O)NC)C(OC)[C@@H]1O[Si](C)(C)C(C)(C)C. The van der Waals surface area contributed by atoms with Crippen LogP contribution < -0.4 is 5.32 Å². The van der Waals surface area contributed by atoms with Gasteiger partial charge in [-0.15, -0.1) is 0 Å². The van der Waals surface area contributed by atoms with Crippen LogP contribution in [0.4, 0.5) is 0 Å². The number of ether oxygens (including phenoxy) is 3. The minimum atomic E-state index is -2.07. The lowest BCUT2D eigenvalue weighted by molar-refractivity contribution is -0.150. The van der Waals surface area contributed by atoms with Crippen LogP contribution in [-0.2, 0) is 28.2 Å². The lowest BCUT2D eigenvalue weighted by atomic mass is 9.93. The van der Waals surface area contributed by atoms with Crippen molar-refractivity contribution in [3.63, 3.8) is 0 Å². The average molecular weight is 385 g/mol. The molecule has 0 aliphatic carbocycles. The molecule has 1 heterocycles. The number of hydrogen-bond acceptors (Lipinski definition) is 6. The van der Waals surface area contributed by atoms with Gasteiger partial charge in [0, 0.05) is 26.6 Å². The summed E-state index contributed by atoms with van der Waals surface area (Å²) in [5, 5.41) is 2.48. The van der Waals surface area contributed by atoms with E-state index in [0.29, 0.717) is 0 Å². The molecule has 1 rings (SSSR count). The molecule has 1 aliphatic heterocycles. The Morgan fingerprint density at radius 3 is 2.31 bits per heavy atom. The highest BCUT2D eigenvalue weighted by molar-refractivity contribution is 6.74. The van der Waals surface area contributed by atoms with Crippen LogP contribution in [0.5, 0.6) is 0 Å². The Morgan fingerprint density at radius 2 is 1.81 bits per heavy atom. The predicted octanol–water partition coefficient (Wildman–Crippen LogP) is 1.35. The molecule has 7 nitrogen and oxygen atoms in total. The van der Waals surface area contributed by atoms with Gasteiger partial charge in [-0.2, -0.15) is 0 Å². The van der Waals surface area contributed by atoms with E-state index in [2.05, 4.69) is 39.2 Å². The predicted molar refractivity (Wildman–Crippen MR) is 102 cm³/mol. The van der Waals surface area contributed by atoms with Gasteiger partial charge in [0.15, 0.2) is 8.32 Å². The number of methoxy groups -OCH3 is 1. The van der Waals surface area contributed by atoms with Crippen LogP contribution >= 0.6 is 0 Å². The maximum Gasteiger partial charge on any atom is 0.306 e. The van der Waals surface area contributed by atoms with E-state index >= 15 is 0 Å². The first-order chi connectivity index (χ1) is 11.9. The summed E-state index contributed by atoms with van der Waals surface area (Å²) < 4.78 is 22.9. The molecular weight excluding hydrogens is 353 g/mol. The molecule has 0 saturated carbocycles. The minimum absolute atomic E-state index is 0.0101. The van der Waals surface area contributed by atoms with E-state index in [9.17, 15) is 9.59 Å². The molecule has 148 valence electrons. The van der Waals surface area contributed by atoms with Crippen molar-refractivity contribution in [3.05, 3.63) is 0 Å². The standard InChI is InChI=1S/C17H32BNO6Si/c1-17(2,3)26(6,7)25-15-14(22-5)11(24-16(15)18)10-23-13(21)9-8-12(20)19-4/h11,14-16H,8-10H2,1-7H3,(H,19,20)/t11-,14?,15+,16-/m1/s1. The summed E-state index contributed by atoms with van der Waals surface area (Å²) in [4.78, 5) is 23.0. The fraction of sp³-hybridized carbons (Fsp3) is 0.882. The van der Waals surface area contributed by atoms with Gasteiger partial charge in [0.25, 0.3) is 0 Å². The zero-order valence-corrected chi connectivity index (χ0v) is 18.0. The molecule has 1 N–H and O–H groups in total. The Balaban J connectivity index is 2.64. The van der Waals surface area contributed by atoms with E-state index in [4.69, 9.17) is 26.5 Å². The molecule has 9 heteroatoms. The number of carbonyl (C=O) groups excluding carboxylic acids is 2. The second-order valence-electron chi connectivity index (χ2n) is 8.04. The van der Waals surface area contributed by atoms with Gasteiger partial charge in [-0.25, -0.2) is 0 Å². The molecule has 0 aromatic rings. The van der Waals surface area contributed by atoms with E-state index in [0.717, 1.165) is 0 Å². The number of rotatable bonds is 8. The normalized spacial score (nSPS) is 26.6. The number of hydrogen-bond donors (Lipinski definition) is 1. The minimum Gasteiger partial charge on any atom is -0.463 e. The molecule has 1 saturated heterocycles. The van der Waals surface area contributed by atoms with Gasteiger partial charge >= 0.3 is 5.97 Å². The second kappa shape index (κ2) is 9.34. The average Bonchev–Trinajstić information content (AvgIpc) is 2.84. The van der Waals surface area contributed by atoms with E-state index in [-0.39, 0.29) is 30.4 Å². The molecule has 1 unspecified atom stereocenters. The number of amides is 1. The van der Waals surface area contributed by atoms with Crippen molar-refractivity contribution in [2.75, 3.05) is 20.8 Å². The van der Waals surface area contributed by atoms with Crippen LogP contribution in [0.3, 0.4) is 0 Å². The quantitative estimate of drug-likeness (QED) is 0.502. The first-order valence-corrected chi connectivity index (χ1v) is 11.8. The van der Waals surface area contributed by atoms with Crippen LogP contribution in [0, 0.1) is 0 Å². The van der Waals surface area contributed by atoms with Crippen molar-refractivity contribution in [2.45, 2.75) is 76.1 Å². The fourth-order valence-corrected chi connectivity index (χ4v) is 3.72. The van der Waals surface area contributed by atoms with Gasteiger partial charge in [0.05, 0.1) is 12.5 Å². The molecule has 0 aromatic carbocycles. The third-order valence-corrected chi connectivity index (χ3v) is 9.57. The molecule has 26 heavy (non-hydrogen) atoms. The van der Waals surface area contributed by atoms with Crippen LogP contribution in [0.1, 0.15) is 33.6 Å². The number of nitrogens with one attached hydrogen (secondary N) is 1. The summed E-state index contributed by atoms with van der Waals surface area (Å²) in [5.41, 5.74) is 0. The zero-order chi connectivity index (χ0) is 20.1. The molecule has 2 radical (unpaired) electrons. The Labute approximate surface area is 159 Å². The number of esters is 1. The van der Waals surface area contributed by atoms with Crippen molar-refractivity contribution < 1.29 is 28.2 Å². The van der Waals surface area contributed by atoms with Crippen LogP contribution in [-0.4, -0.2) is 73.1 Å². The van der Waals surface area contributed by atoms with Gasteiger partial charge in [-0.05, 0) is 18.1 Å². The van der Waals surface area contributed by atoms with Gasteiger partial charge in [-0.3, -0.25) is 9.59 Å². The van der Waals surface area contributed by atoms with Crippen molar-refractivity contribution >= 4 is 28.0 Å². The third kappa shape index (κ3) is 6.07. The summed E-state index contributed by atoms with van der Waals surface area (Å²) >= 11 is 0. The summed E-state index contributed by atoms with van der Waals surface area (Å²) in [5.74, 6) is -0.673. The summed E-state index contributed by atoms with van der Waals surface area (Å²) in [7, 11) is 7.13. The van der Waals surface area contributed by atoms with Crippen molar-refractivity contribution in [1.29, 1.82) is 0 Å². The highest BCUT2D eigenvalue weighted by Crippen LogP contribution is 2.39. The Morgan fingerprint density at radius 1 is 1.19 bits per heavy atom. The Kier molecular flexibility index (Phi) is 8.32. The largest absolute Gasteiger partial charge is 0.463 e. The molecule has 0 aromatic heterocycles. The lowest BCUT2D eigenvalue weighted by Crippen LogP contribution is -2.50. The van der Waals surface area contributed by atoms with E-state index in [1.165, 1.54) is 7.05 Å². The molecule has 0 spiro atoms. The smallest absolute Gasteiger partial charge is 0.306 e. The molecular formula is C17H32BNO6Si. The van der Waals surface area contributed by atoms with Crippen LogP contribution in [0.15, 0.2) is 0 Å². The second-order valence-corrected chi connectivity index (χ2v) is 12.8. The number of carbonyl (C=O) groups is 2. The first-order valence-electron chi connectivity index (χ1n) is 8.90. The van der Waals surface area contributed by atoms with E-state index in [1.807, 2.05) is 0 Å². The van der Waals surface area contributed by atoms with Crippen molar-refractivity contribution in [1.82, 2.24) is 5.32 Å². The summed E-state index contributed by atoms with van der Waals surface area (Å²) in [6.45, 7) is 10.7. The van der Waals surface area contributed by atoms with Gasteiger partial charge < -0.3 is 24.0 Å². The summed E-state index contributed by atoms with van der Waals surface area (Å²) in [6, 6.07) is -0.649. The molecule has 1 aliphatic rings. The van der Waals surface area contributed by atoms with Crippen LogP contribution in [0.25, 0.3) is 0 Å². The van der Waals surface area contributed by atoms with Crippen LogP contribution in [0.2, 0.25) is 18.1 Å². The topological polar surface area (TPSA) is 83.1 Å². The monoisotopic (exact) mass is 385 g/mol.